The maximum atomic E-state index is 4.94. The van der Waals surface area contributed by atoms with Crippen LogP contribution in [-0.4, -0.2) is 35.8 Å². The van der Waals surface area contributed by atoms with E-state index in [1.807, 2.05) is 23.5 Å². The molecule has 24 heavy (non-hydrogen) atoms. The lowest BCUT2D eigenvalue weighted by atomic mass is 9.89. The van der Waals surface area contributed by atoms with E-state index in [0.29, 0.717) is 12.0 Å². The van der Waals surface area contributed by atoms with Crippen LogP contribution in [0.1, 0.15) is 51.9 Å². The molecule has 0 fully saturated rings. The second-order valence-corrected chi connectivity index (χ2v) is 9.00. The zero-order valence-electron chi connectivity index (χ0n) is 14.9. The van der Waals surface area contributed by atoms with Gasteiger partial charge in [-0.3, -0.25) is 4.99 Å². The summed E-state index contributed by atoms with van der Waals surface area (Å²) < 4.78 is 0. The lowest BCUT2D eigenvalue weighted by Gasteiger charge is -2.29. The number of nitrogens with zero attached hydrogens (tertiary/aromatic N) is 1. The van der Waals surface area contributed by atoms with E-state index in [1.54, 1.807) is 5.57 Å². The minimum Gasteiger partial charge on any atom is -0.378 e. The first-order valence-electron chi connectivity index (χ1n) is 9.42. The Morgan fingerprint density at radius 2 is 2.25 bits per heavy atom. The highest BCUT2D eigenvalue weighted by molar-refractivity contribution is 8.02. The third kappa shape index (κ3) is 5.76. The summed E-state index contributed by atoms with van der Waals surface area (Å²) in [6.45, 7) is 3.42. The largest absolute Gasteiger partial charge is 0.378 e. The molecule has 0 bridgehead atoms. The molecule has 5 heteroatoms. The van der Waals surface area contributed by atoms with Crippen LogP contribution in [0.5, 0.6) is 0 Å². The van der Waals surface area contributed by atoms with Gasteiger partial charge in [-0.1, -0.05) is 11.6 Å². The van der Waals surface area contributed by atoms with E-state index in [9.17, 15) is 0 Å². The molecule has 0 aromatic rings. The average Bonchev–Trinajstić information content (AvgIpc) is 3.12. The Bertz CT molecular complexity index is 499. The summed E-state index contributed by atoms with van der Waals surface area (Å²) in [5, 5.41) is 9.25. The summed E-state index contributed by atoms with van der Waals surface area (Å²) in [5.74, 6) is 5.23. The van der Waals surface area contributed by atoms with Crippen molar-refractivity contribution in [1.29, 1.82) is 0 Å². The molecule has 2 heterocycles. The molecule has 0 saturated heterocycles. The predicted octanol–water partition coefficient (Wildman–Crippen LogP) is 4.53. The van der Waals surface area contributed by atoms with Crippen molar-refractivity contribution in [2.45, 2.75) is 57.9 Å². The first kappa shape index (κ1) is 18.2. The number of rotatable bonds is 8. The van der Waals surface area contributed by atoms with Crippen molar-refractivity contribution >= 4 is 29.4 Å². The van der Waals surface area contributed by atoms with Crippen molar-refractivity contribution in [3.63, 3.8) is 0 Å². The lowest BCUT2D eigenvalue weighted by molar-refractivity contribution is 0.388. The normalized spacial score (nSPS) is 27.0. The minimum absolute atomic E-state index is 0.478. The van der Waals surface area contributed by atoms with Crippen LogP contribution in [0.15, 0.2) is 27.7 Å². The topological polar surface area (TPSA) is 36.4 Å². The van der Waals surface area contributed by atoms with Crippen LogP contribution in [0.3, 0.4) is 0 Å². The average molecular weight is 366 g/mol. The molecule has 2 N–H and O–H groups in total. The molecule has 0 aromatic heterocycles. The van der Waals surface area contributed by atoms with Gasteiger partial charge in [0.05, 0.1) is 17.8 Å². The number of thioether (sulfide) groups is 2. The molecule has 2 aliphatic heterocycles. The second-order valence-electron chi connectivity index (χ2n) is 7.04. The van der Waals surface area contributed by atoms with Crippen LogP contribution in [-0.2, 0) is 0 Å². The summed E-state index contributed by atoms with van der Waals surface area (Å²) in [5.41, 5.74) is 3.08. The molecule has 0 spiro atoms. The van der Waals surface area contributed by atoms with E-state index < -0.39 is 0 Å². The molecular weight excluding hydrogens is 334 g/mol. The third-order valence-corrected chi connectivity index (χ3v) is 6.95. The highest BCUT2D eigenvalue weighted by Crippen LogP contribution is 2.26. The van der Waals surface area contributed by atoms with Gasteiger partial charge in [0.25, 0.3) is 0 Å². The summed E-state index contributed by atoms with van der Waals surface area (Å²) >= 11 is 3.86. The standard InChI is InChI=1S/C19H31N3S2/c1-15-17(8-7-16-5-3-2-4-6-16)11-20-19(22-15)9-10-23-12-18-13-24-14-21-18/h5,13,15,17,21H,2-4,6-12,14H2,1H3,(H,20,22)/t15?,17-/m1/s1. The first-order chi connectivity index (χ1) is 11.8. The SMILES string of the molecule is CC1N=C(CCSCC2=CSCN2)NC[C@H]1CCC1=CCCCC1. The van der Waals surface area contributed by atoms with E-state index in [-0.39, 0.29) is 0 Å². The molecular formula is C19H31N3S2. The summed E-state index contributed by atoms with van der Waals surface area (Å²) in [6, 6.07) is 0.478. The van der Waals surface area contributed by atoms with Gasteiger partial charge < -0.3 is 10.6 Å². The minimum atomic E-state index is 0.478. The van der Waals surface area contributed by atoms with Crippen LogP contribution in [0.4, 0.5) is 0 Å². The van der Waals surface area contributed by atoms with Gasteiger partial charge in [-0.25, -0.2) is 0 Å². The van der Waals surface area contributed by atoms with Gasteiger partial charge in [-0.15, -0.1) is 11.8 Å². The van der Waals surface area contributed by atoms with Crippen LogP contribution < -0.4 is 10.6 Å². The second kappa shape index (κ2) is 9.81. The Morgan fingerprint density at radius 1 is 1.29 bits per heavy atom. The van der Waals surface area contributed by atoms with Gasteiger partial charge >= 0.3 is 0 Å². The zero-order chi connectivity index (χ0) is 16.6. The van der Waals surface area contributed by atoms with E-state index in [1.165, 1.54) is 50.1 Å². The highest BCUT2D eigenvalue weighted by Gasteiger charge is 2.22. The molecule has 1 unspecified atom stereocenters. The van der Waals surface area contributed by atoms with Gasteiger partial charge in [0.1, 0.15) is 0 Å². The first-order valence-corrected chi connectivity index (χ1v) is 11.6. The van der Waals surface area contributed by atoms with E-state index in [2.05, 4.69) is 29.0 Å². The number of amidine groups is 1. The Labute approximate surface area is 155 Å². The van der Waals surface area contributed by atoms with Crippen molar-refractivity contribution in [2.75, 3.05) is 23.9 Å². The summed E-state index contributed by atoms with van der Waals surface area (Å²) in [6.07, 6.45) is 11.6. The fraction of sp³-hybridized carbons (Fsp3) is 0.737. The van der Waals surface area contributed by atoms with Crippen LogP contribution in [0.25, 0.3) is 0 Å². The molecule has 0 aromatic carbocycles. The Kier molecular flexibility index (Phi) is 7.46. The molecule has 0 radical (unpaired) electrons. The third-order valence-electron chi connectivity index (χ3n) is 5.18. The lowest BCUT2D eigenvalue weighted by Crippen LogP contribution is -2.40. The van der Waals surface area contributed by atoms with Crippen LogP contribution in [0.2, 0.25) is 0 Å². The fourth-order valence-corrected chi connectivity index (χ4v) is 5.28. The maximum absolute atomic E-state index is 4.94. The molecule has 3 aliphatic rings. The smallest absolute Gasteiger partial charge is 0.0974 e. The number of hydrogen-bond donors (Lipinski definition) is 2. The van der Waals surface area contributed by atoms with Crippen molar-refractivity contribution in [1.82, 2.24) is 10.6 Å². The maximum Gasteiger partial charge on any atom is 0.0974 e. The molecule has 0 saturated carbocycles. The van der Waals surface area contributed by atoms with Gasteiger partial charge in [0, 0.05) is 30.2 Å². The number of allylic oxidation sites excluding steroid dienone is 2. The van der Waals surface area contributed by atoms with E-state index in [0.717, 1.165) is 30.3 Å². The van der Waals surface area contributed by atoms with Gasteiger partial charge in [-0.2, -0.15) is 11.8 Å². The molecule has 3 nitrogen and oxygen atoms in total. The fourth-order valence-electron chi connectivity index (χ4n) is 3.57. The number of hydrogen-bond acceptors (Lipinski definition) is 5. The summed E-state index contributed by atoms with van der Waals surface area (Å²) in [7, 11) is 0. The zero-order valence-corrected chi connectivity index (χ0v) is 16.5. The van der Waals surface area contributed by atoms with Crippen LogP contribution >= 0.6 is 23.5 Å². The monoisotopic (exact) mass is 365 g/mol. The van der Waals surface area contributed by atoms with Gasteiger partial charge in [0.15, 0.2) is 0 Å². The number of aliphatic imine (C=N–C) groups is 1. The highest BCUT2D eigenvalue weighted by atomic mass is 32.2. The van der Waals surface area contributed by atoms with Crippen molar-refractivity contribution < 1.29 is 0 Å². The van der Waals surface area contributed by atoms with E-state index in [4.69, 9.17) is 4.99 Å². The predicted molar refractivity (Wildman–Crippen MR) is 110 cm³/mol. The van der Waals surface area contributed by atoms with Crippen molar-refractivity contribution in [3.05, 3.63) is 22.8 Å². The number of nitrogens with one attached hydrogen (secondary N) is 2. The Balaban J connectivity index is 1.34. The molecule has 134 valence electrons. The Hall–Kier alpha value is -0.550. The quantitative estimate of drug-likeness (QED) is 0.489. The van der Waals surface area contributed by atoms with Gasteiger partial charge in [-0.05, 0) is 56.8 Å². The summed E-state index contributed by atoms with van der Waals surface area (Å²) in [4.78, 5) is 4.94. The molecule has 2 atom stereocenters. The molecule has 0 amide bonds. The molecule has 1 aliphatic carbocycles. The Morgan fingerprint density at radius 3 is 3.00 bits per heavy atom. The van der Waals surface area contributed by atoms with Gasteiger partial charge in [0.2, 0.25) is 0 Å². The van der Waals surface area contributed by atoms with Crippen molar-refractivity contribution in [2.24, 2.45) is 10.9 Å². The van der Waals surface area contributed by atoms with E-state index >= 15 is 0 Å². The van der Waals surface area contributed by atoms with Crippen molar-refractivity contribution in [3.8, 4) is 0 Å². The van der Waals surface area contributed by atoms with Crippen LogP contribution in [0, 0.1) is 5.92 Å². The molecule has 3 rings (SSSR count).